The Labute approximate surface area is 134 Å². The van der Waals surface area contributed by atoms with Crippen molar-refractivity contribution in [1.29, 1.82) is 0 Å². The second-order valence-corrected chi connectivity index (χ2v) is 8.05. The van der Waals surface area contributed by atoms with Gasteiger partial charge in [0, 0.05) is 16.3 Å². The molecule has 0 aromatic heterocycles. The van der Waals surface area contributed by atoms with Crippen LogP contribution in [0.5, 0.6) is 5.75 Å². The molecule has 22 heavy (non-hydrogen) atoms. The first-order valence-corrected chi connectivity index (χ1v) is 8.39. The Morgan fingerprint density at radius 2 is 1.77 bits per heavy atom. The van der Waals surface area contributed by atoms with Crippen molar-refractivity contribution in [1.82, 2.24) is 0 Å². The zero-order valence-corrected chi connectivity index (χ0v) is 14.9. The number of hydrogen-bond donors (Lipinski definition) is 0. The van der Waals surface area contributed by atoms with E-state index < -0.39 is 0 Å². The van der Waals surface area contributed by atoms with Gasteiger partial charge in [0.25, 0.3) is 0 Å². The highest BCUT2D eigenvalue weighted by Gasteiger charge is 2.27. The van der Waals surface area contributed by atoms with Crippen LogP contribution >= 0.6 is 8.58 Å². The molecule has 0 fully saturated rings. The highest BCUT2D eigenvalue weighted by Crippen LogP contribution is 2.45. The number of benzene rings is 2. The van der Waals surface area contributed by atoms with Gasteiger partial charge < -0.3 is 4.74 Å². The van der Waals surface area contributed by atoms with Crippen molar-refractivity contribution >= 4 is 19.7 Å². The van der Waals surface area contributed by atoms with Gasteiger partial charge in [0.05, 0.1) is 7.11 Å². The maximum absolute atomic E-state index is 11.8. The zero-order valence-electron chi connectivity index (χ0n) is 13.9. The first kappa shape index (κ1) is 16.7. The Morgan fingerprint density at radius 3 is 2.41 bits per heavy atom. The lowest BCUT2D eigenvalue weighted by Gasteiger charge is -2.29. The molecule has 0 spiro atoms. The number of methoxy groups -OCH3 is 1. The lowest BCUT2D eigenvalue weighted by molar-refractivity contribution is 0.101. The van der Waals surface area contributed by atoms with Crippen LogP contribution in [0.1, 0.15) is 42.3 Å². The second kappa shape index (κ2) is 6.62. The lowest BCUT2D eigenvalue weighted by Crippen LogP contribution is -2.19. The van der Waals surface area contributed by atoms with Crippen LogP contribution in [0, 0.1) is 6.92 Å². The molecule has 0 amide bonds. The largest absolute Gasteiger partial charge is 0.496 e. The van der Waals surface area contributed by atoms with Crippen molar-refractivity contribution in [2.75, 3.05) is 7.11 Å². The van der Waals surface area contributed by atoms with Gasteiger partial charge in [0.15, 0.2) is 5.78 Å². The Bertz CT molecular complexity index is 690. The van der Waals surface area contributed by atoms with Gasteiger partial charge in [-0.3, -0.25) is 4.79 Å². The van der Waals surface area contributed by atoms with Gasteiger partial charge in [-0.25, -0.2) is 0 Å². The summed E-state index contributed by atoms with van der Waals surface area (Å²) in [7, 11) is 2.21. The summed E-state index contributed by atoms with van der Waals surface area (Å²) in [5.74, 6) is 1.07. The van der Waals surface area contributed by atoms with E-state index in [4.69, 9.17) is 4.74 Å². The fourth-order valence-corrected chi connectivity index (χ4v) is 4.30. The van der Waals surface area contributed by atoms with E-state index in [1.165, 1.54) is 5.56 Å². The molecule has 0 radical (unpaired) electrons. The molecule has 0 aliphatic carbocycles. The molecule has 0 aliphatic heterocycles. The maximum atomic E-state index is 11.8. The molecule has 2 rings (SSSR count). The quantitative estimate of drug-likeness (QED) is 0.602. The van der Waals surface area contributed by atoms with E-state index in [9.17, 15) is 4.79 Å². The number of carbonyl (C=O) groups is 1. The summed E-state index contributed by atoms with van der Waals surface area (Å²) in [6.45, 7) is 8.11. The van der Waals surface area contributed by atoms with Crippen LogP contribution in [-0.4, -0.2) is 12.9 Å². The third kappa shape index (κ3) is 3.39. The first-order chi connectivity index (χ1) is 10.4. The first-order valence-electron chi connectivity index (χ1n) is 7.39. The molecule has 0 aliphatic rings. The van der Waals surface area contributed by atoms with E-state index in [1.54, 1.807) is 14.0 Å². The van der Waals surface area contributed by atoms with E-state index in [2.05, 4.69) is 45.0 Å². The van der Waals surface area contributed by atoms with E-state index >= 15 is 0 Å². The monoisotopic (exact) mass is 314 g/mol. The third-order valence-corrected chi connectivity index (χ3v) is 5.44. The molecule has 1 unspecified atom stereocenters. The van der Waals surface area contributed by atoms with Crippen molar-refractivity contribution in [2.45, 2.75) is 32.9 Å². The second-order valence-electron chi connectivity index (χ2n) is 6.01. The summed E-state index contributed by atoms with van der Waals surface area (Å²) >= 11 is 0. The number of rotatable bonds is 5. The van der Waals surface area contributed by atoms with E-state index in [0.717, 1.165) is 22.2 Å². The molecular formula is C19H23O2P. The summed E-state index contributed by atoms with van der Waals surface area (Å²) < 4.78 is 5.62. The molecule has 116 valence electrons. The standard InChI is InChI=1S/C19H23O2P/c1-13-9-8-11-16(18(13)21-5)19(3,4)22-17-12-7-6-10-15(17)14(2)20/h6-12,22H,1-5H3. The zero-order chi connectivity index (χ0) is 16.3. The van der Waals surface area contributed by atoms with E-state index in [0.29, 0.717) is 8.58 Å². The van der Waals surface area contributed by atoms with Gasteiger partial charge in [0.1, 0.15) is 5.75 Å². The number of Topliss-reactive ketones (excluding diaryl/α,β-unsaturated/α-hetero) is 1. The average molecular weight is 314 g/mol. The molecule has 2 nitrogen and oxygen atoms in total. The molecule has 0 N–H and O–H groups in total. The fourth-order valence-electron chi connectivity index (χ4n) is 2.72. The van der Waals surface area contributed by atoms with Crippen LogP contribution in [0.2, 0.25) is 0 Å². The molecule has 2 aromatic rings. The predicted molar refractivity (Wildman–Crippen MR) is 95.2 cm³/mol. The minimum atomic E-state index is -0.0943. The number of aryl methyl sites for hydroxylation is 1. The highest BCUT2D eigenvalue weighted by atomic mass is 31.1. The molecule has 0 saturated carbocycles. The number of para-hydroxylation sites is 1. The summed E-state index contributed by atoms with van der Waals surface area (Å²) in [5.41, 5.74) is 3.14. The topological polar surface area (TPSA) is 26.3 Å². The minimum Gasteiger partial charge on any atom is -0.496 e. The molecule has 2 aromatic carbocycles. The van der Waals surface area contributed by atoms with Gasteiger partial charge in [-0.05, 0) is 24.7 Å². The van der Waals surface area contributed by atoms with Gasteiger partial charge in [0.2, 0.25) is 0 Å². The fraction of sp³-hybridized carbons (Fsp3) is 0.316. The van der Waals surface area contributed by atoms with Crippen molar-refractivity contribution in [3.63, 3.8) is 0 Å². The van der Waals surface area contributed by atoms with Crippen LogP contribution in [-0.2, 0) is 5.16 Å². The summed E-state index contributed by atoms with van der Waals surface area (Å²) in [6.07, 6.45) is 0. The number of ketones is 1. The smallest absolute Gasteiger partial charge is 0.160 e. The Kier molecular flexibility index (Phi) is 5.03. The molecular weight excluding hydrogens is 291 g/mol. The van der Waals surface area contributed by atoms with Crippen LogP contribution < -0.4 is 10.0 Å². The molecule has 1 atom stereocenters. The van der Waals surface area contributed by atoms with Gasteiger partial charge in [-0.2, -0.15) is 0 Å². The van der Waals surface area contributed by atoms with Crippen molar-refractivity contribution in [2.24, 2.45) is 0 Å². The number of ether oxygens (including phenoxy) is 1. The summed E-state index contributed by atoms with van der Waals surface area (Å²) in [4.78, 5) is 11.8. The van der Waals surface area contributed by atoms with Crippen molar-refractivity contribution < 1.29 is 9.53 Å². The van der Waals surface area contributed by atoms with Gasteiger partial charge in [-0.15, -0.1) is 0 Å². The van der Waals surface area contributed by atoms with Crippen LogP contribution in [0.4, 0.5) is 0 Å². The number of hydrogen-bond acceptors (Lipinski definition) is 2. The Balaban J connectivity index is 2.45. The molecule has 0 bridgehead atoms. The Morgan fingerprint density at radius 1 is 1.09 bits per heavy atom. The Hall–Kier alpha value is -1.66. The SMILES string of the molecule is COc1c(C)cccc1C(C)(C)Pc1ccccc1C(C)=O. The highest BCUT2D eigenvalue weighted by molar-refractivity contribution is 7.48. The summed E-state index contributed by atoms with van der Waals surface area (Å²) in [6, 6.07) is 14.1. The van der Waals surface area contributed by atoms with Crippen molar-refractivity contribution in [3.05, 3.63) is 59.2 Å². The average Bonchev–Trinajstić information content (AvgIpc) is 2.46. The lowest BCUT2D eigenvalue weighted by atomic mass is 9.98. The predicted octanol–water partition coefficient (Wildman–Crippen LogP) is 4.45. The van der Waals surface area contributed by atoms with Crippen LogP contribution in [0.3, 0.4) is 0 Å². The minimum absolute atomic E-state index is 0.0943. The van der Waals surface area contributed by atoms with Gasteiger partial charge >= 0.3 is 0 Å². The maximum Gasteiger partial charge on any atom is 0.160 e. The normalized spacial score (nSPS) is 11.9. The molecule has 3 heteroatoms. The van der Waals surface area contributed by atoms with Crippen molar-refractivity contribution in [3.8, 4) is 5.75 Å². The summed E-state index contributed by atoms with van der Waals surface area (Å²) in [5, 5.41) is 1.02. The van der Waals surface area contributed by atoms with E-state index in [1.807, 2.05) is 18.2 Å². The number of carbonyl (C=O) groups excluding carboxylic acids is 1. The molecule has 0 heterocycles. The molecule has 0 saturated heterocycles. The van der Waals surface area contributed by atoms with Crippen LogP contribution in [0.25, 0.3) is 0 Å². The van der Waals surface area contributed by atoms with Crippen LogP contribution in [0.15, 0.2) is 42.5 Å². The van der Waals surface area contributed by atoms with Gasteiger partial charge in [-0.1, -0.05) is 64.9 Å². The third-order valence-electron chi connectivity index (χ3n) is 3.84. The van der Waals surface area contributed by atoms with E-state index in [-0.39, 0.29) is 10.9 Å².